The number of hydrogen-bond donors (Lipinski definition) is 2. The van der Waals surface area contributed by atoms with E-state index in [4.69, 9.17) is 0 Å². The van der Waals surface area contributed by atoms with E-state index in [1.54, 1.807) is 19.0 Å². The maximum absolute atomic E-state index is 13.7. The van der Waals surface area contributed by atoms with E-state index < -0.39 is 18.2 Å². The highest BCUT2D eigenvalue weighted by Gasteiger charge is 2.26. The van der Waals surface area contributed by atoms with Crippen LogP contribution in [-0.2, 0) is 0 Å². The van der Waals surface area contributed by atoms with Crippen LogP contribution >= 0.6 is 0 Å². The van der Waals surface area contributed by atoms with E-state index >= 15 is 0 Å². The molecule has 7 nitrogen and oxygen atoms in total. The molecule has 2 amide bonds. The van der Waals surface area contributed by atoms with Crippen molar-refractivity contribution in [3.05, 3.63) is 12.0 Å². The van der Waals surface area contributed by atoms with Gasteiger partial charge in [-0.1, -0.05) is 6.92 Å². The predicted octanol–water partition coefficient (Wildman–Crippen LogP) is 0.497. The summed E-state index contributed by atoms with van der Waals surface area (Å²) >= 11 is 0. The number of carbonyl (C=O) groups excluding carboxylic acids is 1. The molecule has 106 valence electrons. The van der Waals surface area contributed by atoms with Crippen LogP contribution in [0.1, 0.15) is 13.3 Å². The molecular formula is C11H18FN5O2. The Balaban J connectivity index is 2.77. The summed E-state index contributed by atoms with van der Waals surface area (Å²) in [7, 11) is 3.44. The number of amides is 2. The Kier molecular flexibility index (Phi) is 5.43. The SMILES string of the molecule is CCCNC(=O)N1C=C(F)C(N=CN(C)C)=NC1O. The minimum absolute atomic E-state index is 0.249. The normalized spacial score (nSPS) is 19.2. The second-order valence-electron chi connectivity index (χ2n) is 4.12. The van der Waals surface area contributed by atoms with E-state index in [1.165, 1.54) is 6.34 Å². The maximum atomic E-state index is 13.7. The van der Waals surface area contributed by atoms with Gasteiger partial charge in [-0.05, 0) is 6.42 Å². The van der Waals surface area contributed by atoms with Crippen molar-refractivity contribution in [1.82, 2.24) is 15.1 Å². The van der Waals surface area contributed by atoms with Crippen molar-refractivity contribution in [3.8, 4) is 0 Å². The molecule has 1 aliphatic rings. The van der Waals surface area contributed by atoms with Gasteiger partial charge in [0.2, 0.25) is 6.35 Å². The lowest BCUT2D eigenvalue weighted by molar-refractivity contribution is 0.0631. The van der Waals surface area contributed by atoms with Gasteiger partial charge < -0.3 is 15.3 Å². The molecule has 1 unspecified atom stereocenters. The Morgan fingerprint density at radius 2 is 2.42 bits per heavy atom. The lowest BCUT2D eigenvalue weighted by atomic mass is 10.4. The number of hydrogen-bond acceptors (Lipinski definition) is 4. The van der Waals surface area contributed by atoms with E-state index in [2.05, 4.69) is 15.3 Å². The van der Waals surface area contributed by atoms with Crippen LogP contribution in [0.4, 0.5) is 9.18 Å². The third-order valence-electron chi connectivity index (χ3n) is 2.12. The van der Waals surface area contributed by atoms with Gasteiger partial charge in [-0.2, -0.15) is 0 Å². The van der Waals surface area contributed by atoms with Gasteiger partial charge in [-0.3, -0.25) is 4.90 Å². The van der Waals surface area contributed by atoms with Gasteiger partial charge in [0.15, 0.2) is 11.7 Å². The highest BCUT2D eigenvalue weighted by atomic mass is 19.1. The summed E-state index contributed by atoms with van der Waals surface area (Å²) in [6.07, 6.45) is 1.49. The molecule has 0 bridgehead atoms. The molecule has 1 rings (SSSR count). The minimum Gasteiger partial charge on any atom is -0.369 e. The molecule has 0 aromatic carbocycles. The molecule has 8 heteroatoms. The molecule has 1 heterocycles. The molecule has 0 fully saturated rings. The lowest BCUT2D eigenvalue weighted by Crippen LogP contribution is -2.44. The number of halogens is 1. The summed E-state index contributed by atoms with van der Waals surface area (Å²) in [5.74, 6) is -1.03. The fourth-order valence-electron chi connectivity index (χ4n) is 1.23. The topological polar surface area (TPSA) is 80.5 Å². The summed E-state index contributed by atoms with van der Waals surface area (Å²) < 4.78 is 13.7. The zero-order valence-corrected chi connectivity index (χ0v) is 11.2. The Morgan fingerprint density at radius 1 is 1.74 bits per heavy atom. The Bertz CT molecular complexity index is 419. The second-order valence-corrected chi connectivity index (χ2v) is 4.12. The van der Waals surface area contributed by atoms with Gasteiger partial charge in [0, 0.05) is 20.6 Å². The number of nitrogens with zero attached hydrogens (tertiary/aromatic N) is 4. The van der Waals surface area contributed by atoms with E-state index in [0.29, 0.717) is 6.54 Å². The minimum atomic E-state index is -1.48. The van der Waals surface area contributed by atoms with Gasteiger partial charge in [-0.15, -0.1) is 0 Å². The number of urea groups is 1. The van der Waals surface area contributed by atoms with Crippen LogP contribution in [-0.4, -0.2) is 60.1 Å². The van der Waals surface area contributed by atoms with Crippen LogP contribution in [0.2, 0.25) is 0 Å². The van der Waals surface area contributed by atoms with Gasteiger partial charge >= 0.3 is 6.03 Å². The fraction of sp³-hybridized carbons (Fsp3) is 0.545. The van der Waals surface area contributed by atoms with E-state index in [0.717, 1.165) is 17.5 Å². The number of rotatable bonds is 3. The average molecular weight is 271 g/mol. The van der Waals surface area contributed by atoms with Crippen molar-refractivity contribution in [2.24, 2.45) is 9.98 Å². The summed E-state index contributed by atoms with van der Waals surface area (Å²) in [6.45, 7) is 2.32. The third kappa shape index (κ3) is 4.32. The van der Waals surface area contributed by atoms with Crippen LogP contribution in [0.25, 0.3) is 0 Å². The molecule has 0 radical (unpaired) electrons. The van der Waals surface area contributed by atoms with Crippen LogP contribution < -0.4 is 5.32 Å². The number of amidine groups is 1. The standard InChI is InChI=1S/C11H18FN5O2/c1-4-5-13-10(18)17-6-8(12)9(15-11(17)19)14-7-16(2)3/h6-7,11,19H,4-5H2,1-3H3,(H,13,18). The summed E-state index contributed by atoms with van der Waals surface area (Å²) in [5.41, 5.74) is 0. The molecule has 2 N–H and O–H groups in total. The van der Waals surface area contributed by atoms with Crippen molar-refractivity contribution in [2.45, 2.75) is 19.7 Å². The molecule has 0 aromatic heterocycles. The predicted molar refractivity (Wildman–Crippen MR) is 70.3 cm³/mol. The summed E-state index contributed by atoms with van der Waals surface area (Å²) in [4.78, 5) is 21.4. The quantitative estimate of drug-likeness (QED) is 0.579. The van der Waals surface area contributed by atoms with Crippen LogP contribution in [0.15, 0.2) is 22.0 Å². The molecule has 1 aliphatic heterocycles. The summed E-state index contributed by atoms with van der Waals surface area (Å²) in [5, 5.41) is 12.2. The third-order valence-corrected chi connectivity index (χ3v) is 2.12. The molecule has 0 saturated carbocycles. The van der Waals surface area contributed by atoms with Crippen molar-refractivity contribution >= 4 is 18.2 Å². The highest BCUT2D eigenvalue weighted by molar-refractivity contribution is 6.01. The fourth-order valence-corrected chi connectivity index (χ4v) is 1.23. The first-order valence-electron chi connectivity index (χ1n) is 5.86. The monoisotopic (exact) mass is 271 g/mol. The molecule has 0 saturated heterocycles. The first-order chi connectivity index (χ1) is 8.95. The molecule has 0 aromatic rings. The van der Waals surface area contributed by atoms with E-state index in [9.17, 15) is 14.3 Å². The zero-order valence-electron chi connectivity index (χ0n) is 11.2. The highest BCUT2D eigenvalue weighted by Crippen LogP contribution is 2.15. The average Bonchev–Trinajstić information content (AvgIpc) is 2.36. The Labute approximate surface area is 111 Å². The number of nitrogens with one attached hydrogen (secondary N) is 1. The van der Waals surface area contributed by atoms with Gasteiger partial charge in [0.05, 0.1) is 12.5 Å². The van der Waals surface area contributed by atoms with Crippen LogP contribution in [0.5, 0.6) is 0 Å². The Morgan fingerprint density at radius 3 is 3.00 bits per heavy atom. The lowest BCUT2D eigenvalue weighted by Gasteiger charge is -2.25. The largest absolute Gasteiger partial charge is 0.369 e. The van der Waals surface area contributed by atoms with Crippen molar-refractivity contribution in [2.75, 3.05) is 20.6 Å². The number of carbonyl (C=O) groups is 1. The second kappa shape index (κ2) is 6.83. The Hall–Kier alpha value is -1.96. The zero-order chi connectivity index (χ0) is 14.4. The molecular weight excluding hydrogens is 253 g/mol. The van der Waals surface area contributed by atoms with Crippen LogP contribution in [0.3, 0.4) is 0 Å². The summed E-state index contributed by atoms with van der Waals surface area (Å²) in [6, 6.07) is -0.608. The first-order valence-corrected chi connectivity index (χ1v) is 5.86. The number of aliphatic hydroxyl groups is 1. The molecule has 1 atom stereocenters. The number of aliphatic imine (C=N–C) groups is 2. The molecule has 19 heavy (non-hydrogen) atoms. The van der Waals surface area contributed by atoms with Crippen LogP contribution in [0, 0.1) is 0 Å². The van der Waals surface area contributed by atoms with Crippen molar-refractivity contribution < 1.29 is 14.3 Å². The van der Waals surface area contributed by atoms with Gasteiger partial charge in [-0.25, -0.2) is 19.2 Å². The van der Waals surface area contributed by atoms with Gasteiger partial charge in [0.25, 0.3) is 0 Å². The van der Waals surface area contributed by atoms with Crippen molar-refractivity contribution in [1.29, 1.82) is 0 Å². The van der Waals surface area contributed by atoms with Gasteiger partial charge in [0.1, 0.15) is 0 Å². The van der Waals surface area contributed by atoms with E-state index in [1.807, 2.05) is 6.92 Å². The molecule has 0 spiro atoms. The molecule has 0 aliphatic carbocycles. The van der Waals surface area contributed by atoms with Crippen molar-refractivity contribution in [3.63, 3.8) is 0 Å². The number of aliphatic hydroxyl groups excluding tert-OH is 1. The maximum Gasteiger partial charge on any atom is 0.325 e. The first kappa shape index (κ1) is 15.1. The van der Waals surface area contributed by atoms with E-state index in [-0.39, 0.29) is 5.84 Å². The smallest absolute Gasteiger partial charge is 0.325 e.